The van der Waals surface area contributed by atoms with Gasteiger partial charge in [0.2, 0.25) is 5.91 Å². The Morgan fingerprint density at radius 2 is 2.30 bits per heavy atom. The van der Waals surface area contributed by atoms with Gasteiger partial charge < -0.3 is 15.0 Å². The number of aryl methyl sites for hydroxylation is 2. The molecule has 20 heavy (non-hydrogen) atoms. The summed E-state index contributed by atoms with van der Waals surface area (Å²) in [6.07, 6.45) is 7.19. The first-order valence-electron chi connectivity index (χ1n) is 6.73. The molecule has 0 fully saturated rings. The number of anilines is 1. The molecule has 0 aliphatic rings. The summed E-state index contributed by atoms with van der Waals surface area (Å²) in [6, 6.07) is 7.73. The number of hydrogen-bond acceptors (Lipinski definition) is 3. The van der Waals surface area contributed by atoms with Crippen molar-refractivity contribution in [3.05, 3.63) is 48.5 Å². The highest BCUT2D eigenvalue weighted by Crippen LogP contribution is 2.12. The van der Waals surface area contributed by atoms with Crippen LogP contribution in [0.4, 0.5) is 5.69 Å². The number of nitrogens with one attached hydrogen (secondary N) is 1. The maximum absolute atomic E-state index is 11.8. The predicted octanol–water partition coefficient (Wildman–Crippen LogP) is 1.84. The van der Waals surface area contributed by atoms with Gasteiger partial charge in [0.05, 0.1) is 6.33 Å². The van der Waals surface area contributed by atoms with E-state index < -0.39 is 0 Å². The lowest BCUT2D eigenvalue weighted by molar-refractivity contribution is -0.116. The molecule has 0 saturated heterocycles. The van der Waals surface area contributed by atoms with Crippen LogP contribution in [0, 0.1) is 0 Å². The van der Waals surface area contributed by atoms with Gasteiger partial charge in [-0.25, -0.2) is 4.98 Å². The fourth-order valence-corrected chi connectivity index (χ4v) is 1.96. The van der Waals surface area contributed by atoms with Crippen LogP contribution in [0.1, 0.15) is 18.4 Å². The average Bonchev–Trinajstić information content (AvgIpc) is 2.97. The van der Waals surface area contributed by atoms with Crippen molar-refractivity contribution in [3.63, 3.8) is 0 Å². The van der Waals surface area contributed by atoms with Crippen LogP contribution >= 0.6 is 0 Å². The van der Waals surface area contributed by atoms with Crippen molar-refractivity contribution >= 4 is 11.6 Å². The van der Waals surface area contributed by atoms with Crippen molar-refractivity contribution < 1.29 is 9.90 Å². The second kappa shape index (κ2) is 7.45. The maximum atomic E-state index is 11.8. The van der Waals surface area contributed by atoms with Crippen molar-refractivity contribution in [2.24, 2.45) is 0 Å². The molecule has 0 aliphatic carbocycles. The molecule has 5 nitrogen and oxygen atoms in total. The lowest BCUT2D eigenvalue weighted by atomic mass is 10.1. The molecule has 1 aromatic carbocycles. The molecule has 2 aromatic rings. The van der Waals surface area contributed by atoms with Crippen LogP contribution in [0.15, 0.2) is 43.0 Å². The first-order valence-corrected chi connectivity index (χ1v) is 6.73. The summed E-state index contributed by atoms with van der Waals surface area (Å²) in [4.78, 5) is 15.8. The standard InChI is InChI=1S/C15H19N3O2/c19-10-2-4-13-3-1-5-14(11-13)17-15(20)6-8-18-9-7-16-12-18/h1,3,5,7,9,11-12,19H,2,4,6,8,10H2,(H,17,20). The third-order valence-electron chi connectivity index (χ3n) is 2.99. The number of amides is 1. The Balaban J connectivity index is 1.84. The van der Waals surface area contributed by atoms with Crippen molar-refractivity contribution in [3.8, 4) is 0 Å². The smallest absolute Gasteiger partial charge is 0.226 e. The number of benzene rings is 1. The number of aliphatic hydroxyl groups excluding tert-OH is 1. The van der Waals surface area contributed by atoms with E-state index in [4.69, 9.17) is 5.11 Å². The van der Waals surface area contributed by atoms with Gasteiger partial charge in [-0.2, -0.15) is 0 Å². The number of rotatable bonds is 7. The Morgan fingerprint density at radius 3 is 3.05 bits per heavy atom. The van der Waals surface area contributed by atoms with Crippen LogP contribution in [0.25, 0.3) is 0 Å². The van der Waals surface area contributed by atoms with Crippen LogP contribution in [0.3, 0.4) is 0 Å². The third-order valence-corrected chi connectivity index (χ3v) is 2.99. The zero-order chi connectivity index (χ0) is 14.2. The minimum Gasteiger partial charge on any atom is -0.396 e. The molecule has 1 heterocycles. The van der Waals surface area contributed by atoms with Crippen LogP contribution in [0.2, 0.25) is 0 Å². The Hall–Kier alpha value is -2.14. The highest BCUT2D eigenvalue weighted by molar-refractivity contribution is 5.90. The SMILES string of the molecule is O=C(CCn1ccnc1)Nc1cccc(CCCO)c1. The topological polar surface area (TPSA) is 67.2 Å². The lowest BCUT2D eigenvalue weighted by Crippen LogP contribution is -2.14. The molecular formula is C15H19N3O2. The molecule has 0 aliphatic heterocycles. The summed E-state index contributed by atoms with van der Waals surface area (Å²) in [5.41, 5.74) is 1.92. The zero-order valence-electron chi connectivity index (χ0n) is 11.3. The van der Waals surface area contributed by atoms with Crippen LogP contribution in [-0.2, 0) is 17.8 Å². The van der Waals surface area contributed by atoms with Crippen LogP contribution in [0.5, 0.6) is 0 Å². The second-order valence-corrected chi connectivity index (χ2v) is 4.63. The Bertz CT molecular complexity index is 538. The van der Waals surface area contributed by atoms with E-state index >= 15 is 0 Å². The summed E-state index contributed by atoms with van der Waals surface area (Å²) in [5, 5.41) is 11.7. The van der Waals surface area contributed by atoms with E-state index in [0.717, 1.165) is 24.1 Å². The molecular weight excluding hydrogens is 254 g/mol. The van der Waals surface area contributed by atoms with Crippen LogP contribution in [-0.4, -0.2) is 27.2 Å². The molecule has 0 atom stereocenters. The van der Waals surface area contributed by atoms with Gasteiger partial charge in [-0.05, 0) is 30.5 Å². The fourth-order valence-electron chi connectivity index (χ4n) is 1.96. The molecule has 0 saturated carbocycles. The number of aliphatic hydroxyl groups is 1. The minimum absolute atomic E-state index is 0.0157. The first kappa shape index (κ1) is 14.3. The van der Waals surface area contributed by atoms with Gasteiger partial charge in [0.1, 0.15) is 0 Å². The highest BCUT2D eigenvalue weighted by atomic mass is 16.2. The molecule has 106 valence electrons. The van der Waals surface area contributed by atoms with E-state index in [1.54, 1.807) is 12.5 Å². The number of hydrogen-bond donors (Lipinski definition) is 2. The third kappa shape index (κ3) is 4.51. The van der Waals surface area contributed by atoms with Crippen molar-refractivity contribution in [2.75, 3.05) is 11.9 Å². The summed E-state index contributed by atoms with van der Waals surface area (Å²) in [5.74, 6) is -0.0157. The van der Waals surface area contributed by atoms with E-state index in [1.165, 1.54) is 0 Å². The van der Waals surface area contributed by atoms with Gasteiger partial charge in [-0.3, -0.25) is 4.79 Å². The lowest BCUT2D eigenvalue weighted by Gasteiger charge is -2.07. The average molecular weight is 273 g/mol. The van der Waals surface area contributed by atoms with Crippen LogP contribution < -0.4 is 5.32 Å². The molecule has 2 rings (SSSR count). The molecule has 5 heteroatoms. The van der Waals surface area contributed by atoms with Gasteiger partial charge in [-0.1, -0.05) is 12.1 Å². The number of aromatic nitrogens is 2. The number of carbonyl (C=O) groups is 1. The first-order chi connectivity index (χ1) is 9.78. The number of carbonyl (C=O) groups excluding carboxylic acids is 1. The number of nitrogens with zero attached hydrogens (tertiary/aromatic N) is 2. The normalized spacial score (nSPS) is 10.4. The van der Waals surface area contributed by atoms with Crippen molar-refractivity contribution in [1.82, 2.24) is 9.55 Å². The maximum Gasteiger partial charge on any atom is 0.226 e. The molecule has 0 unspecified atom stereocenters. The monoisotopic (exact) mass is 273 g/mol. The molecule has 1 aromatic heterocycles. The Morgan fingerprint density at radius 1 is 1.40 bits per heavy atom. The number of imidazole rings is 1. The molecule has 0 radical (unpaired) electrons. The van der Waals surface area contributed by atoms with Gasteiger partial charge in [-0.15, -0.1) is 0 Å². The van der Waals surface area contributed by atoms with E-state index in [1.807, 2.05) is 35.0 Å². The van der Waals surface area contributed by atoms with E-state index in [9.17, 15) is 4.79 Å². The van der Waals surface area contributed by atoms with E-state index in [2.05, 4.69) is 10.3 Å². The zero-order valence-corrected chi connectivity index (χ0v) is 11.3. The summed E-state index contributed by atoms with van der Waals surface area (Å²) in [6.45, 7) is 0.803. The summed E-state index contributed by atoms with van der Waals surface area (Å²) in [7, 11) is 0. The second-order valence-electron chi connectivity index (χ2n) is 4.63. The van der Waals surface area contributed by atoms with Gasteiger partial charge in [0, 0.05) is 37.7 Å². The van der Waals surface area contributed by atoms with Crippen molar-refractivity contribution in [1.29, 1.82) is 0 Å². The summed E-state index contributed by atoms with van der Waals surface area (Å²) >= 11 is 0. The van der Waals surface area contributed by atoms with Gasteiger partial charge in [0.25, 0.3) is 0 Å². The minimum atomic E-state index is -0.0157. The summed E-state index contributed by atoms with van der Waals surface area (Å²) < 4.78 is 1.87. The van der Waals surface area contributed by atoms with Gasteiger partial charge >= 0.3 is 0 Å². The Labute approximate surface area is 118 Å². The van der Waals surface area contributed by atoms with Gasteiger partial charge in [0.15, 0.2) is 0 Å². The molecule has 1 amide bonds. The molecule has 0 spiro atoms. The quantitative estimate of drug-likeness (QED) is 0.809. The Kier molecular flexibility index (Phi) is 5.32. The van der Waals surface area contributed by atoms with E-state index in [-0.39, 0.29) is 12.5 Å². The van der Waals surface area contributed by atoms with E-state index in [0.29, 0.717) is 13.0 Å². The fraction of sp³-hybridized carbons (Fsp3) is 0.333. The highest BCUT2D eigenvalue weighted by Gasteiger charge is 2.03. The largest absolute Gasteiger partial charge is 0.396 e. The molecule has 0 bridgehead atoms. The molecule has 2 N–H and O–H groups in total. The predicted molar refractivity (Wildman–Crippen MR) is 77.3 cm³/mol. The van der Waals surface area contributed by atoms with Crippen molar-refractivity contribution in [2.45, 2.75) is 25.8 Å².